The van der Waals surface area contributed by atoms with Gasteiger partial charge in [0.15, 0.2) is 0 Å². The van der Waals surface area contributed by atoms with Crippen LogP contribution in [-0.4, -0.2) is 0 Å². The number of halogens is 2. The van der Waals surface area contributed by atoms with Gasteiger partial charge >= 0.3 is 0 Å². The number of aryl methyl sites for hydroxylation is 3. The maximum Gasteiger partial charge on any atom is 0.141 e. The molecular formula is C25H21F2N. The van der Waals surface area contributed by atoms with E-state index >= 15 is 0 Å². The molecule has 0 N–H and O–H groups in total. The first kappa shape index (κ1) is 18.4. The Morgan fingerprint density at radius 3 is 2.29 bits per heavy atom. The summed E-state index contributed by atoms with van der Waals surface area (Å²) < 4.78 is 28.6. The number of fused-ring (bicyclic) bond motifs is 3. The van der Waals surface area contributed by atoms with Gasteiger partial charge in [0.2, 0.25) is 0 Å². The quantitative estimate of drug-likeness (QED) is 0.505. The van der Waals surface area contributed by atoms with E-state index in [2.05, 4.69) is 13.0 Å². The third kappa shape index (κ3) is 3.31. The zero-order chi connectivity index (χ0) is 19.7. The van der Waals surface area contributed by atoms with E-state index in [0.29, 0.717) is 0 Å². The molecule has 0 saturated carbocycles. The molecule has 0 heterocycles. The normalized spacial score (nSPS) is 12.2. The Morgan fingerprint density at radius 1 is 0.857 bits per heavy atom. The highest BCUT2D eigenvalue weighted by molar-refractivity contribution is 5.77. The Kier molecular flexibility index (Phi) is 4.96. The first-order valence-electron chi connectivity index (χ1n) is 9.75. The van der Waals surface area contributed by atoms with Crippen molar-refractivity contribution in [3.63, 3.8) is 0 Å². The SMILES string of the molecule is CCCCc1cc2c(cc1F)-c1ccc(-c3ccc(C#N)c(F)c3)cc1CC2. The molecule has 3 aromatic carbocycles. The Morgan fingerprint density at radius 2 is 1.57 bits per heavy atom. The van der Waals surface area contributed by atoms with E-state index in [4.69, 9.17) is 5.26 Å². The predicted octanol–water partition coefficient (Wildman–Crippen LogP) is 6.61. The second kappa shape index (κ2) is 7.56. The molecule has 3 aromatic rings. The molecule has 0 unspecified atom stereocenters. The molecule has 28 heavy (non-hydrogen) atoms. The molecule has 0 saturated heterocycles. The van der Waals surface area contributed by atoms with Crippen LogP contribution in [0.5, 0.6) is 0 Å². The first-order valence-corrected chi connectivity index (χ1v) is 9.75. The summed E-state index contributed by atoms with van der Waals surface area (Å²) in [6, 6.07) is 16.2. The highest BCUT2D eigenvalue weighted by atomic mass is 19.1. The van der Waals surface area contributed by atoms with Gasteiger partial charge in [-0.3, -0.25) is 0 Å². The summed E-state index contributed by atoms with van der Waals surface area (Å²) in [6.45, 7) is 2.11. The average Bonchev–Trinajstić information content (AvgIpc) is 2.71. The van der Waals surface area contributed by atoms with Crippen molar-refractivity contribution in [1.29, 1.82) is 5.26 Å². The van der Waals surface area contributed by atoms with Crippen LogP contribution in [0.15, 0.2) is 48.5 Å². The van der Waals surface area contributed by atoms with Crippen molar-refractivity contribution in [3.8, 4) is 28.3 Å². The third-order valence-electron chi connectivity index (χ3n) is 5.55. The number of benzene rings is 3. The Hall–Kier alpha value is -2.99. The zero-order valence-electron chi connectivity index (χ0n) is 15.9. The van der Waals surface area contributed by atoms with E-state index in [0.717, 1.165) is 65.5 Å². The summed E-state index contributed by atoms with van der Waals surface area (Å²) in [5.74, 6) is -0.636. The fraction of sp³-hybridized carbons (Fsp3) is 0.240. The molecule has 0 bridgehead atoms. The second-order valence-corrected chi connectivity index (χ2v) is 7.38. The maximum atomic E-state index is 14.6. The minimum absolute atomic E-state index is 0.0463. The molecule has 1 nitrogen and oxygen atoms in total. The third-order valence-corrected chi connectivity index (χ3v) is 5.55. The highest BCUT2D eigenvalue weighted by Gasteiger charge is 2.19. The largest absolute Gasteiger partial charge is 0.207 e. The minimum atomic E-state index is -0.509. The lowest BCUT2D eigenvalue weighted by atomic mass is 9.83. The van der Waals surface area contributed by atoms with E-state index in [-0.39, 0.29) is 11.4 Å². The van der Waals surface area contributed by atoms with Crippen molar-refractivity contribution >= 4 is 0 Å². The van der Waals surface area contributed by atoms with E-state index in [1.165, 1.54) is 17.7 Å². The second-order valence-electron chi connectivity index (χ2n) is 7.38. The van der Waals surface area contributed by atoms with E-state index in [1.54, 1.807) is 12.1 Å². The van der Waals surface area contributed by atoms with Gasteiger partial charge in [0.25, 0.3) is 0 Å². The summed E-state index contributed by atoms with van der Waals surface area (Å²) in [7, 11) is 0. The van der Waals surface area contributed by atoms with Crippen LogP contribution in [-0.2, 0) is 19.3 Å². The minimum Gasteiger partial charge on any atom is -0.207 e. The predicted molar refractivity (Wildman–Crippen MR) is 108 cm³/mol. The van der Waals surface area contributed by atoms with Gasteiger partial charge in [-0.25, -0.2) is 8.78 Å². The van der Waals surface area contributed by atoms with Gasteiger partial charge in [-0.2, -0.15) is 5.26 Å². The van der Waals surface area contributed by atoms with Gasteiger partial charge in [0.05, 0.1) is 5.56 Å². The topological polar surface area (TPSA) is 23.8 Å². The van der Waals surface area contributed by atoms with E-state index < -0.39 is 5.82 Å². The van der Waals surface area contributed by atoms with Crippen molar-refractivity contribution in [2.75, 3.05) is 0 Å². The molecule has 140 valence electrons. The number of nitrogens with zero attached hydrogens (tertiary/aromatic N) is 1. The summed E-state index contributed by atoms with van der Waals surface area (Å²) in [4.78, 5) is 0. The summed E-state index contributed by atoms with van der Waals surface area (Å²) in [5.41, 5.74) is 6.89. The molecule has 0 fully saturated rings. The van der Waals surface area contributed by atoms with Crippen LogP contribution in [0.25, 0.3) is 22.3 Å². The lowest BCUT2D eigenvalue weighted by molar-refractivity contribution is 0.602. The molecule has 1 aliphatic carbocycles. The molecule has 0 amide bonds. The number of nitriles is 1. The van der Waals surface area contributed by atoms with Crippen LogP contribution in [0.4, 0.5) is 8.78 Å². The molecule has 0 spiro atoms. The van der Waals surface area contributed by atoms with Crippen LogP contribution in [0.2, 0.25) is 0 Å². The number of rotatable bonds is 4. The van der Waals surface area contributed by atoms with Gasteiger partial charge < -0.3 is 0 Å². The molecule has 3 heteroatoms. The molecule has 0 radical (unpaired) electrons. The van der Waals surface area contributed by atoms with Crippen LogP contribution in [0.1, 0.15) is 42.0 Å². The molecule has 1 aliphatic rings. The fourth-order valence-electron chi connectivity index (χ4n) is 3.98. The van der Waals surface area contributed by atoms with Gasteiger partial charge in [-0.15, -0.1) is 0 Å². The van der Waals surface area contributed by atoms with Crippen LogP contribution in [0, 0.1) is 23.0 Å². The number of hydrogen-bond acceptors (Lipinski definition) is 1. The number of hydrogen-bond donors (Lipinski definition) is 0. The Bertz CT molecular complexity index is 1090. The molecule has 4 rings (SSSR count). The standard InChI is InChI=1S/C25H21F2N/c1-2-3-4-20-12-19-7-6-18-11-16(9-10-22(18)23(19)14-25(20)27)17-5-8-21(15-28)24(26)13-17/h5,8-14H,2-4,6-7H2,1H3. The first-order chi connectivity index (χ1) is 13.6. The van der Waals surface area contributed by atoms with Gasteiger partial charge in [-0.05, 0) is 82.8 Å². The molecule has 0 atom stereocenters. The van der Waals surface area contributed by atoms with Crippen LogP contribution >= 0.6 is 0 Å². The monoisotopic (exact) mass is 373 g/mol. The number of unbranched alkanes of at least 4 members (excludes halogenated alkanes) is 1. The summed E-state index contributed by atoms with van der Waals surface area (Å²) in [5, 5.41) is 8.90. The van der Waals surface area contributed by atoms with Crippen molar-refractivity contribution in [1.82, 2.24) is 0 Å². The van der Waals surface area contributed by atoms with Crippen molar-refractivity contribution in [2.45, 2.75) is 39.0 Å². The van der Waals surface area contributed by atoms with Gasteiger partial charge in [-0.1, -0.05) is 43.7 Å². The van der Waals surface area contributed by atoms with Crippen molar-refractivity contribution in [3.05, 3.63) is 82.4 Å². The van der Waals surface area contributed by atoms with Crippen LogP contribution < -0.4 is 0 Å². The summed E-state index contributed by atoms with van der Waals surface area (Å²) in [6.07, 6.45) is 4.60. The Labute approximate surface area is 164 Å². The Balaban J connectivity index is 1.72. The van der Waals surface area contributed by atoms with Gasteiger partial charge in [0.1, 0.15) is 17.7 Å². The van der Waals surface area contributed by atoms with Crippen molar-refractivity contribution < 1.29 is 8.78 Å². The zero-order valence-corrected chi connectivity index (χ0v) is 15.9. The molecule has 0 aromatic heterocycles. The maximum absolute atomic E-state index is 14.6. The van der Waals surface area contributed by atoms with Crippen molar-refractivity contribution in [2.24, 2.45) is 0 Å². The molecular weight excluding hydrogens is 352 g/mol. The van der Waals surface area contributed by atoms with Gasteiger partial charge in [0, 0.05) is 0 Å². The fourth-order valence-corrected chi connectivity index (χ4v) is 3.98. The lowest BCUT2D eigenvalue weighted by Crippen LogP contribution is -2.06. The summed E-state index contributed by atoms with van der Waals surface area (Å²) >= 11 is 0. The van der Waals surface area contributed by atoms with Crippen LogP contribution in [0.3, 0.4) is 0 Å². The lowest BCUT2D eigenvalue weighted by Gasteiger charge is -2.22. The highest BCUT2D eigenvalue weighted by Crippen LogP contribution is 2.37. The van der Waals surface area contributed by atoms with E-state index in [1.807, 2.05) is 24.3 Å². The smallest absolute Gasteiger partial charge is 0.141 e. The average molecular weight is 373 g/mol. The molecule has 0 aliphatic heterocycles. The van der Waals surface area contributed by atoms with E-state index in [9.17, 15) is 8.78 Å².